The van der Waals surface area contributed by atoms with Crippen molar-refractivity contribution in [2.75, 3.05) is 6.61 Å². The third-order valence-corrected chi connectivity index (χ3v) is 4.65. The number of aliphatic hydroxyl groups is 2. The number of rotatable bonds is 3. The predicted octanol–water partition coefficient (Wildman–Crippen LogP) is 1.40. The first-order valence-electron chi connectivity index (χ1n) is 8.73. The fraction of sp³-hybridized carbons (Fsp3) is 0.350. The Morgan fingerprint density at radius 2 is 1.63 bits per heavy atom. The lowest BCUT2D eigenvalue weighted by Crippen LogP contribution is -2.62. The van der Waals surface area contributed by atoms with E-state index >= 15 is 0 Å². The van der Waals surface area contributed by atoms with E-state index in [0.717, 1.165) is 5.56 Å². The van der Waals surface area contributed by atoms with Crippen molar-refractivity contribution in [3.05, 3.63) is 71.8 Å². The number of hydrogen-bond donors (Lipinski definition) is 2. The Kier molecular flexibility index (Phi) is 5.20. The van der Waals surface area contributed by atoms with E-state index in [1.165, 1.54) is 0 Å². The van der Waals surface area contributed by atoms with Crippen LogP contribution in [0.5, 0.6) is 0 Å². The first kappa shape index (κ1) is 18.1. The van der Waals surface area contributed by atoms with Crippen LogP contribution in [0, 0.1) is 0 Å². The van der Waals surface area contributed by atoms with Gasteiger partial charge in [-0.15, -0.1) is 0 Å². The monoisotopic (exact) mass is 372 g/mol. The lowest BCUT2D eigenvalue weighted by Gasteiger charge is -2.46. The Hall–Kier alpha value is -2.29. The Morgan fingerprint density at radius 3 is 2.33 bits per heavy atom. The molecular weight excluding hydrogens is 352 g/mol. The van der Waals surface area contributed by atoms with Crippen LogP contribution in [0.1, 0.15) is 22.2 Å². The molecule has 0 bridgehead atoms. The highest BCUT2D eigenvalue weighted by Gasteiger charge is 2.50. The number of esters is 1. The maximum atomic E-state index is 12.3. The SMILES string of the molecule is O=C(O[C@H]1C(O)O[C@@H]2COC(c3ccccc3)O[C@H]2[C@@H]1O)c1ccccc1. The van der Waals surface area contributed by atoms with Crippen LogP contribution in [0.15, 0.2) is 60.7 Å². The van der Waals surface area contributed by atoms with Crippen LogP contribution in [0.25, 0.3) is 0 Å². The van der Waals surface area contributed by atoms with Crippen LogP contribution in [0.3, 0.4) is 0 Å². The van der Waals surface area contributed by atoms with Gasteiger partial charge in [0.1, 0.15) is 18.3 Å². The first-order valence-corrected chi connectivity index (χ1v) is 8.73. The molecule has 2 aromatic rings. The van der Waals surface area contributed by atoms with Crippen molar-refractivity contribution in [2.24, 2.45) is 0 Å². The standard InChI is InChI=1S/C20H20O7/c21-15-16-14(11-24-20(27-16)13-9-5-2-6-10-13)25-19(23)17(15)26-18(22)12-7-3-1-4-8-12/h1-10,14-17,19-21,23H,11H2/t14-,15+,16-,17-,19?,20?/m1/s1. The summed E-state index contributed by atoms with van der Waals surface area (Å²) in [6.07, 6.45) is -6.15. The van der Waals surface area contributed by atoms with E-state index in [1.54, 1.807) is 30.3 Å². The van der Waals surface area contributed by atoms with Crippen LogP contribution in [0.2, 0.25) is 0 Å². The fourth-order valence-electron chi connectivity index (χ4n) is 3.25. The van der Waals surface area contributed by atoms with Gasteiger partial charge in [-0.3, -0.25) is 0 Å². The van der Waals surface area contributed by atoms with Gasteiger partial charge in [-0.1, -0.05) is 48.5 Å². The van der Waals surface area contributed by atoms with Gasteiger partial charge in [-0.05, 0) is 12.1 Å². The summed E-state index contributed by atoms with van der Waals surface area (Å²) in [6, 6.07) is 17.6. The van der Waals surface area contributed by atoms with Gasteiger partial charge in [0.05, 0.1) is 12.2 Å². The van der Waals surface area contributed by atoms with E-state index < -0.39 is 43.0 Å². The number of carbonyl (C=O) groups is 1. The zero-order chi connectivity index (χ0) is 18.8. The van der Waals surface area contributed by atoms with Crippen LogP contribution in [0.4, 0.5) is 0 Å². The molecule has 0 spiro atoms. The molecule has 0 radical (unpaired) electrons. The van der Waals surface area contributed by atoms with Gasteiger partial charge in [0.15, 0.2) is 18.7 Å². The fourth-order valence-corrected chi connectivity index (χ4v) is 3.25. The van der Waals surface area contributed by atoms with Crippen molar-refractivity contribution in [2.45, 2.75) is 37.0 Å². The molecule has 2 aromatic carbocycles. The maximum absolute atomic E-state index is 12.3. The molecule has 2 aliphatic rings. The second-order valence-electron chi connectivity index (χ2n) is 6.47. The minimum absolute atomic E-state index is 0.137. The normalized spacial score (nSPS) is 33.1. The smallest absolute Gasteiger partial charge is 0.338 e. The second kappa shape index (κ2) is 7.75. The molecule has 0 saturated carbocycles. The molecule has 2 aliphatic heterocycles. The number of fused-ring (bicyclic) bond motifs is 1. The number of hydrogen-bond acceptors (Lipinski definition) is 7. The zero-order valence-electron chi connectivity index (χ0n) is 14.4. The van der Waals surface area contributed by atoms with Crippen LogP contribution in [-0.4, -0.2) is 53.5 Å². The summed E-state index contributed by atoms with van der Waals surface area (Å²) in [6.45, 7) is 0.137. The molecule has 0 aliphatic carbocycles. The highest BCUT2D eigenvalue weighted by atomic mass is 16.7. The van der Waals surface area contributed by atoms with E-state index in [1.807, 2.05) is 30.3 Å². The lowest BCUT2D eigenvalue weighted by molar-refractivity contribution is -0.353. The average molecular weight is 372 g/mol. The van der Waals surface area contributed by atoms with Crippen molar-refractivity contribution in [1.29, 1.82) is 0 Å². The van der Waals surface area contributed by atoms with E-state index in [4.69, 9.17) is 18.9 Å². The van der Waals surface area contributed by atoms with Gasteiger partial charge in [0.2, 0.25) is 0 Å². The number of aliphatic hydroxyl groups excluding tert-OH is 2. The maximum Gasteiger partial charge on any atom is 0.338 e. The van der Waals surface area contributed by atoms with Gasteiger partial charge in [0, 0.05) is 5.56 Å². The van der Waals surface area contributed by atoms with Gasteiger partial charge in [-0.2, -0.15) is 0 Å². The summed E-state index contributed by atoms with van der Waals surface area (Å²) in [5.74, 6) is -0.660. The highest BCUT2D eigenvalue weighted by molar-refractivity contribution is 5.89. The Morgan fingerprint density at radius 1 is 0.963 bits per heavy atom. The summed E-state index contributed by atoms with van der Waals surface area (Å²) in [5, 5.41) is 20.9. The summed E-state index contributed by atoms with van der Waals surface area (Å²) in [7, 11) is 0. The second-order valence-corrected chi connectivity index (χ2v) is 6.47. The number of carbonyl (C=O) groups excluding carboxylic acids is 1. The summed E-state index contributed by atoms with van der Waals surface area (Å²) < 4.78 is 22.3. The van der Waals surface area contributed by atoms with E-state index in [-0.39, 0.29) is 6.61 Å². The topological polar surface area (TPSA) is 94.5 Å². The molecular formula is C20H20O7. The van der Waals surface area contributed by atoms with Crippen molar-refractivity contribution in [3.8, 4) is 0 Å². The van der Waals surface area contributed by atoms with E-state index in [2.05, 4.69) is 0 Å². The van der Waals surface area contributed by atoms with E-state index in [0.29, 0.717) is 5.56 Å². The number of benzene rings is 2. The third kappa shape index (κ3) is 3.73. The minimum Gasteiger partial charge on any atom is -0.450 e. The Balaban J connectivity index is 1.48. The van der Waals surface area contributed by atoms with Crippen molar-refractivity contribution in [3.63, 3.8) is 0 Å². The van der Waals surface area contributed by atoms with Gasteiger partial charge >= 0.3 is 5.97 Å². The van der Waals surface area contributed by atoms with Gasteiger partial charge < -0.3 is 29.2 Å². The molecule has 2 heterocycles. The molecule has 142 valence electrons. The minimum atomic E-state index is -1.48. The Labute approximate surface area is 156 Å². The van der Waals surface area contributed by atoms with Crippen molar-refractivity contribution in [1.82, 2.24) is 0 Å². The molecule has 7 heteroatoms. The summed E-state index contributed by atoms with van der Waals surface area (Å²) in [5.41, 5.74) is 1.11. The van der Waals surface area contributed by atoms with Gasteiger partial charge in [-0.25, -0.2) is 4.79 Å². The van der Waals surface area contributed by atoms with Gasteiger partial charge in [0.25, 0.3) is 0 Å². The average Bonchev–Trinajstić information content (AvgIpc) is 2.72. The molecule has 2 fully saturated rings. The largest absolute Gasteiger partial charge is 0.450 e. The summed E-state index contributed by atoms with van der Waals surface area (Å²) in [4.78, 5) is 12.3. The zero-order valence-corrected chi connectivity index (χ0v) is 14.4. The first-order chi connectivity index (χ1) is 13.1. The molecule has 0 aromatic heterocycles. The van der Waals surface area contributed by atoms with Crippen LogP contribution >= 0.6 is 0 Å². The van der Waals surface area contributed by atoms with Crippen LogP contribution in [-0.2, 0) is 18.9 Å². The van der Waals surface area contributed by atoms with E-state index in [9.17, 15) is 15.0 Å². The summed E-state index contributed by atoms with van der Waals surface area (Å²) >= 11 is 0. The highest BCUT2D eigenvalue weighted by Crippen LogP contribution is 2.34. The number of ether oxygens (including phenoxy) is 4. The van der Waals surface area contributed by atoms with Crippen molar-refractivity contribution < 1.29 is 34.0 Å². The molecule has 27 heavy (non-hydrogen) atoms. The molecule has 2 N–H and O–H groups in total. The quantitative estimate of drug-likeness (QED) is 0.787. The molecule has 7 nitrogen and oxygen atoms in total. The molecule has 2 saturated heterocycles. The molecule has 0 amide bonds. The van der Waals surface area contributed by atoms with Crippen molar-refractivity contribution >= 4 is 5.97 Å². The lowest BCUT2D eigenvalue weighted by atomic mass is 9.97. The van der Waals surface area contributed by atoms with Crippen LogP contribution < -0.4 is 0 Å². The molecule has 4 rings (SSSR count). The molecule has 2 unspecified atom stereocenters. The molecule has 6 atom stereocenters. The third-order valence-electron chi connectivity index (χ3n) is 4.65. The Bertz CT molecular complexity index is 766. The predicted molar refractivity (Wildman–Crippen MR) is 92.5 cm³/mol.